The number of likely N-dealkylation sites (N-methyl/N-ethyl adjacent to an activating group) is 1. The van der Waals surface area contributed by atoms with Gasteiger partial charge in [0.2, 0.25) is 0 Å². The third kappa shape index (κ3) is 4.44. The first kappa shape index (κ1) is 14.6. The van der Waals surface area contributed by atoms with Gasteiger partial charge in [0.25, 0.3) is 5.91 Å². The highest BCUT2D eigenvalue weighted by atomic mass is 16.5. The molecule has 1 aromatic rings. The SMILES string of the molecule is COCCN(C)C(=O)c1cccc(CN(C)N)c1. The van der Waals surface area contributed by atoms with Crippen LogP contribution < -0.4 is 5.84 Å². The van der Waals surface area contributed by atoms with Crippen molar-refractivity contribution in [3.05, 3.63) is 35.4 Å². The van der Waals surface area contributed by atoms with Crippen molar-refractivity contribution in [2.24, 2.45) is 5.84 Å². The van der Waals surface area contributed by atoms with Gasteiger partial charge in [-0.2, -0.15) is 0 Å². The second-order valence-corrected chi connectivity index (χ2v) is 4.33. The Hall–Kier alpha value is -1.43. The van der Waals surface area contributed by atoms with Crippen LogP contribution in [0.3, 0.4) is 0 Å². The van der Waals surface area contributed by atoms with E-state index in [4.69, 9.17) is 10.6 Å². The van der Waals surface area contributed by atoms with Gasteiger partial charge in [0.15, 0.2) is 0 Å². The van der Waals surface area contributed by atoms with E-state index >= 15 is 0 Å². The molecule has 0 bridgehead atoms. The zero-order chi connectivity index (χ0) is 13.5. The first-order valence-corrected chi connectivity index (χ1v) is 5.83. The first-order chi connectivity index (χ1) is 8.54. The normalized spacial score (nSPS) is 10.7. The summed E-state index contributed by atoms with van der Waals surface area (Å²) in [7, 11) is 5.18. The second-order valence-electron chi connectivity index (χ2n) is 4.33. The summed E-state index contributed by atoms with van der Waals surface area (Å²) in [6, 6.07) is 7.51. The van der Waals surface area contributed by atoms with E-state index < -0.39 is 0 Å². The number of methoxy groups -OCH3 is 1. The highest BCUT2D eigenvalue weighted by molar-refractivity contribution is 5.94. The van der Waals surface area contributed by atoms with Crippen molar-refractivity contribution in [3.8, 4) is 0 Å². The largest absolute Gasteiger partial charge is 0.383 e. The molecule has 2 N–H and O–H groups in total. The van der Waals surface area contributed by atoms with Gasteiger partial charge in [-0.3, -0.25) is 10.6 Å². The molecule has 5 nitrogen and oxygen atoms in total. The number of nitrogens with zero attached hydrogens (tertiary/aromatic N) is 2. The summed E-state index contributed by atoms with van der Waals surface area (Å²) in [6.45, 7) is 1.73. The Morgan fingerprint density at radius 1 is 1.39 bits per heavy atom. The highest BCUT2D eigenvalue weighted by Crippen LogP contribution is 2.08. The van der Waals surface area contributed by atoms with Gasteiger partial charge >= 0.3 is 0 Å². The zero-order valence-corrected chi connectivity index (χ0v) is 11.2. The average molecular weight is 251 g/mol. The number of hydrazine groups is 1. The minimum Gasteiger partial charge on any atom is -0.383 e. The van der Waals surface area contributed by atoms with Crippen molar-refractivity contribution >= 4 is 5.91 Å². The third-order valence-electron chi connectivity index (χ3n) is 2.58. The number of ether oxygens (including phenoxy) is 1. The van der Waals surface area contributed by atoms with E-state index in [1.54, 1.807) is 31.1 Å². The van der Waals surface area contributed by atoms with E-state index in [-0.39, 0.29) is 5.91 Å². The smallest absolute Gasteiger partial charge is 0.253 e. The van der Waals surface area contributed by atoms with Crippen LogP contribution in [-0.4, -0.2) is 50.2 Å². The predicted molar refractivity (Wildman–Crippen MR) is 70.9 cm³/mol. The van der Waals surface area contributed by atoms with Gasteiger partial charge in [0, 0.05) is 39.9 Å². The molecule has 1 rings (SSSR count). The predicted octanol–water partition coefficient (Wildman–Crippen LogP) is 0.711. The van der Waals surface area contributed by atoms with Gasteiger partial charge in [-0.15, -0.1) is 0 Å². The maximum atomic E-state index is 12.1. The van der Waals surface area contributed by atoms with Crippen LogP contribution in [0.1, 0.15) is 15.9 Å². The Morgan fingerprint density at radius 2 is 2.11 bits per heavy atom. The fourth-order valence-electron chi connectivity index (χ4n) is 1.64. The lowest BCUT2D eigenvalue weighted by atomic mass is 10.1. The number of hydrogen-bond donors (Lipinski definition) is 1. The lowest BCUT2D eigenvalue weighted by Gasteiger charge is -2.17. The van der Waals surface area contributed by atoms with E-state index in [1.807, 2.05) is 24.3 Å². The van der Waals surface area contributed by atoms with E-state index in [2.05, 4.69) is 0 Å². The van der Waals surface area contributed by atoms with Gasteiger partial charge < -0.3 is 9.64 Å². The minimum absolute atomic E-state index is 0.00595. The number of amides is 1. The summed E-state index contributed by atoms with van der Waals surface area (Å²) in [4.78, 5) is 13.8. The first-order valence-electron chi connectivity index (χ1n) is 5.83. The second kappa shape index (κ2) is 7.10. The van der Waals surface area contributed by atoms with Crippen LogP contribution >= 0.6 is 0 Å². The fraction of sp³-hybridized carbons (Fsp3) is 0.462. The maximum Gasteiger partial charge on any atom is 0.253 e. The van der Waals surface area contributed by atoms with Crippen LogP contribution in [0.15, 0.2) is 24.3 Å². The lowest BCUT2D eigenvalue weighted by molar-refractivity contribution is 0.0744. The van der Waals surface area contributed by atoms with Crippen LogP contribution in [-0.2, 0) is 11.3 Å². The monoisotopic (exact) mass is 251 g/mol. The van der Waals surface area contributed by atoms with Crippen molar-refractivity contribution in [2.75, 3.05) is 34.4 Å². The molecule has 1 amide bonds. The number of carbonyl (C=O) groups excluding carboxylic acids is 1. The molecule has 0 fully saturated rings. The molecule has 100 valence electrons. The standard InChI is InChI=1S/C13H21N3O2/c1-15(7-8-18-3)13(17)12-6-4-5-11(9-12)10-16(2)14/h4-6,9H,7-8,10,14H2,1-3H3. The molecule has 0 atom stereocenters. The molecular formula is C13H21N3O2. The number of carbonyl (C=O) groups is 1. The van der Waals surface area contributed by atoms with Gasteiger partial charge in [-0.1, -0.05) is 12.1 Å². The number of nitrogens with two attached hydrogens (primary N) is 1. The van der Waals surface area contributed by atoms with E-state index in [0.29, 0.717) is 25.3 Å². The van der Waals surface area contributed by atoms with Crippen LogP contribution in [0.25, 0.3) is 0 Å². The molecule has 5 heteroatoms. The zero-order valence-electron chi connectivity index (χ0n) is 11.2. The maximum absolute atomic E-state index is 12.1. The number of hydrogen-bond acceptors (Lipinski definition) is 4. The topological polar surface area (TPSA) is 58.8 Å². The Kier molecular flexibility index (Phi) is 5.77. The molecule has 0 unspecified atom stereocenters. The Labute approximate surface area is 108 Å². The molecule has 0 heterocycles. The van der Waals surface area contributed by atoms with E-state index in [1.165, 1.54) is 0 Å². The highest BCUT2D eigenvalue weighted by Gasteiger charge is 2.11. The number of benzene rings is 1. The number of rotatable bonds is 6. The van der Waals surface area contributed by atoms with Crippen LogP contribution in [0.4, 0.5) is 0 Å². The summed E-state index contributed by atoms with van der Waals surface area (Å²) < 4.78 is 4.96. The lowest BCUT2D eigenvalue weighted by Crippen LogP contribution is -2.30. The molecule has 0 saturated carbocycles. The van der Waals surface area contributed by atoms with Gasteiger partial charge in [-0.25, -0.2) is 5.01 Å². The molecule has 0 aliphatic rings. The fourth-order valence-corrected chi connectivity index (χ4v) is 1.64. The van der Waals surface area contributed by atoms with Crippen LogP contribution in [0.2, 0.25) is 0 Å². The van der Waals surface area contributed by atoms with Gasteiger partial charge in [0.1, 0.15) is 0 Å². The van der Waals surface area contributed by atoms with Crippen molar-refractivity contribution in [1.29, 1.82) is 0 Å². The van der Waals surface area contributed by atoms with E-state index in [9.17, 15) is 4.79 Å². The molecule has 0 saturated heterocycles. The molecule has 0 aromatic heterocycles. The van der Waals surface area contributed by atoms with Crippen molar-refractivity contribution in [2.45, 2.75) is 6.54 Å². The Balaban J connectivity index is 2.73. The van der Waals surface area contributed by atoms with E-state index in [0.717, 1.165) is 5.56 Å². The minimum atomic E-state index is -0.00595. The summed E-state index contributed by atoms with van der Waals surface area (Å²) in [5, 5.41) is 1.58. The summed E-state index contributed by atoms with van der Waals surface area (Å²) >= 11 is 0. The quantitative estimate of drug-likeness (QED) is 0.597. The summed E-state index contributed by atoms with van der Waals surface area (Å²) in [5.41, 5.74) is 1.69. The molecule has 1 aromatic carbocycles. The molecule has 18 heavy (non-hydrogen) atoms. The Bertz CT molecular complexity index is 394. The Morgan fingerprint density at radius 3 is 2.72 bits per heavy atom. The van der Waals surface area contributed by atoms with Crippen molar-refractivity contribution in [3.63, 3.8) is 0 Å². The van der Waals surface area contributed by atoms with Crippen LogP contribution in [0.5, 0.6) is 0 Å². The van der Waals surface area contributed by atoms with Crippen LogP contribution in [0, 0.1) is 0 Å². The van der Waals surface area contributed by atoms with Gasteiger partial charge in [-0.05, 0) is 17.7 Å². The van der Waals surface area contributed by atoms with Crippen molar-refractivity contribution in [1.82, 2.24) is 9.91 Å². The molecule has 0 spiro atoms. The van der Waals surface area contributed by atoms with Crippen molar-refractivity contribution < 1.29 is 9.53 Å². The van der Waals surface area contributed by atoms with Gasteiger partial charge in [0.05, 0.1) is 6.61 Å². The third-order valence-corrected chi connectivity index (χ3v) is 2.58. The summed E-state index contributed by atoms with van der Waals surface area (Å²) in [6.07, 6.45) is 0. The molecule has 0 radical (unpaired) electrons. The molecular weight excluding hydrogens is 230 g/mol. The summed E-state index contributed by atoms with van der Waals surface area (Å²) in [5.74, 6) is 5.59. The molecule has 0 aliphatic heterocycles. The molecule has 0 aliphatic carbocycles. The average Bonchev–Trinajstić information content (AvgIpc) is 2.34.